The lowest BCUT2D eigenvalue weighted by molar-refractivity contribution is -0.116. The molecule has 0 atom stereocenters. The van der Waals surface area contributed by atoms with E-state index in [1.54, 1.807) is 0 Å². The molecule has 2 aromatic carbocycles. The number of benzene rings is 2. The number of amides is 1. The first-order valence-electron chi connectivity index (χ1n) is 13.9. The number of hydrogen-bond acceptors (Lipinski definition) is 4. The molecule has 196 valence electrons. The smallest absolute Gasteiger partial charge is 0.224 e. The molecule has 3 heterocycles. The Morgan fingerprint density at radius 2 is 1.74 bits per heavy atom. The Balaban J connectivity index is 1.05. The minimum absolute atomic E-state index is 0.0862. The van der Waals surface area contributed by atoms with Gasteiger partial charge in [0.2, 0.25) is 5.91 Å². The highest BCUT2D eigenvalue weighted by Crippen LogP contribution is 2.38. The van der Waals surface area contributed by atoms with Gasteiger partial charge in [-0.3, -0.25) is 9.78 Å². The second kappa shape index (κ2) is 11.3. The van der Waals surface area contributed by atoms with E-state index in [1.165, 1.54) is 33.4 Å². The molecule has 2 aliphatic heterocycles. The number of carbonyl (C=O) groups is 1. The molecule has 1 aliphatic carbocycles. The number of nitrogens with zero attached hydrogens (tertiary/aromatic N) is 2. The van der Waals surface area contributed by atoms with Crippen LogP contribution in [0.4, 0.5) is 5.69 Å². The maximum atomic E-state index is 11.7. The fourth-order valence-electron chi connectivity index (χ4n) is 6.00. The standard InChI is InChI=1S/C32H34ClN3O2/c33-26-9-11-28-25(20-26)6-5-24-4-3-15-34-32(24)31(28)23-13-17-36(18-14-23)16-1-2-19-38-27-10-7-22-8-12-30(37)35-29(22)21-27/h3-4,7,9-11,15,20-21H,1-2,5-6,8,12-14,16-19H2,(H,35,37). The summed E-state index contributed by atoms with van der Waals surface area (Å²) in [6, 6.07) is 16.7. The number of unbranched alkanes of at least 4 members (excludes halogenated alkanes) is 1. The van der Waals surface area contributed by atoms with Crippen molar-refractivity contribution >= 4 is 28.8 Å². The van der Waals surface area contributed by atoms with Crippen molar-refractivity contribution in [1.29, 1.82) is 0 Å². The van der Waals surface area contributed by atoms with Crippen molar-refractivity contribution in [3.05, 3.63) is 93.3 Å². The molecule has 0 unspecified atom stereocenters. The molecule has 1 aromatic heterocycles. The second-order valence-corrected chi connectivity index (χ2v) is 11.0. The van der Waals surface area contributed by atoms with Crippen LogP contribution in [0.15, 0.2) is 60.3 Å². The number of anilines is 1. The van der Waals surface area contributed by atoms with Gasteiger partial charge in [0.25, 0.3) is 0 Å². The molecule has 0 spiro atoms. The largest absolute Gasteiger partial charge is 0.494 e. The van der Waals surface area contributed by atoms with Crippen molar-refractivity contribution < 1.29 is 9.53 Å². The topological polar surface area (TPSA) is 54.5 Å². The summed E-state index contributed by atoms with van der Waals surface area (Å²) in [6.45, 7) is 3.94. The summed E-state index contributed by atoms with van der Waals surface area (Å²) in [5.41, 5.74) is 10.1. The van der Waals surface area contributed by atoms with E-state index in [4.69, 9.17) is 21.3 Å². The predicted octanol–water partition coefficient (Wildman–Crippen LogP) is 6.48. The second-order valence-electron chi connectivity index (χ2n) is 10.6. The average Bonchev–Trinajstić information content (AvgIpc) is 3.09. The Hall–Kier alpha value is -3.15. The van der Waals surface area contributed by atoms with Crippen LogP contribution in [0.25, 0.3) is 5.57 Å². The van der Waals surface area contributed by atoms with E-state index in [0.29, 0.717) is 13.0 Å². The zero-order valence-corrected chi connectivity index (χ0v) is 22.5. The highest BCUT2D eigenvalue weighted by atomic mass is 35.5. The summed E-state index contributed by atoms with van der Waals surface area (Å²) in [6.07, 6.45) is 9.57. The van der Waals surface area contributed by atoms with E-state index in [2.05, 4.69) is 40.5 Å². The van der Waals surface area contributed by atoms with Crippen molar-refractivity contribution in [2.45, 2.75) is 51.4 Å². The molecule has 0 saturated carbocycles. The van der Waals surface area contributed by atoms with Crippen molar-refractivity contribution in [3.63, 3.8) is 0 Å². The van der Waals surface area contributed by atoms with Gasteiger partial charge in [0.05, 0.1) is 12.3 Å². The van der Waals surface area contributed by atoms with Crippen LogP contribution in [0.5, 0.6) is 5.75 Å². The molecule has 5 nitrogen and oxygen atoms in total. The first kappa shape index (κ1) is 25.1. The predicted molar refractivity (Wildman–Crippen MR) is 153 cm³/mol. The van der Waals surface area contributed by atoms with Crippen LogP contribution in [-0.4, -0.2) is 42.0 Å². The number of hydrogen-bond donors (Lipinski definition) is 1. The van der Waals surface area contributed by atoms with Gasteiger partial charge in [-0.05, 0) is 98.0 Å². The number of halogens is 1. The van der Waals surface area contributed by atoms with Gasteiger partial charge in [-0.25, -0.2) is 0 Å². The van der Waals surface area contributed by atoms with Gasteiger partial charge in [0.1, 0.15) is 5.75 Å². The number of likely N-dealkylation sites (tertiary alicyclic amines) is 1. The van der Waals surface area contributed by atoms with E-state index in [9.17, 15) is 4.79 Å². The van der Waals surface area contributed by atoms with Crippen molar-refractivity contribution in [1.82, 2.24) is 9.88 Å². The average molecular weight is 528 g/mol. The van der Waals surface area contributed by atoms with Crippen molar-refractivity contribution in [2.24, 2.45) is 0 Å². The Kier molecular flexibility index (Phi) is 7.48. The number of nitrogens with one attached hydrogen (secondary N) is 1. The van der Waals surface area contributed by atoms with Gasteiger partial charge < -0.3 is 15.0 Å². The molecule has 3 aliphatic rings. The number of rotatable bonds is 6. The lowest BCUT2D eigenvalue weighted by Gasteiger charge is -2.30. The van der Waals surface area contributed by atoms with Gasteiger partial charge >= 0.3 is 0 Å². The summed E-state index contributed by atoms with van der Waals surface area (Å²) >= 11 is 6.37. The third-order valence-electron chi connectivity index (χ3n) is 8.06. The minimum atomic E-state index is 0.0862. The fraction of sp³-hybridized carbons (Fsp3) is 0.375. The monoisotopic (exact) mass is 527 g/mol. The highest BCUT2D eigenvalue weighted by Gasteiger charge is 2.25. The molecule has 1 N–H and O–H groups in total. The lowest BCUT2D eigenvalue weighted by Crippen LogP contribution is -2.32. The maximum Gasteiger partial charge on any atom is 0.224 e. The Morgan fingerprint density at radius 1 is 0.895 bits per heavy atom. The fourth-order valence-corrected chi connectivity index (χ4v) is 6.19. The molecular formula is C32H34ClN3O2. The van der Waals surface area contributed by atoms with Gasteiger partial charge in [0, 0.05) is 48.1 Å². The minimum Gasteiger partial charge on any atom is -0.494 e. The highest BCUT2D eigenvalue weighted by molar-refractivity contribution is 6.30. The molecule has 3 aromatic rings. The van der Waals surface area contributed by atoms with Crippen LogP contribution in [-0.2, 0) is 24.1 Å². The normalized spacial score (nSPS) is 17.2. The Labute approximate surface area is 229 Å². The molecular weight excluding hydrogens is 494 g/mol. The summed E-state index contributed by atoms with van der Waals surface area (Å²) in [5, 5.41) is 3.76. The number of carbonyl (C=O) groups excluding carboxylic acids is 1. The van der Waals surface area contributed by atoms with Gasteiger partial charge in [-0.15, -0.1) is 0 Å². The Morgan fingerprint density at radius 3 is 2.63 bits per heavy atom. The molecule has 0 bridgehead atoms. The van der Waals surface area contributed by atoms with E-state index >= 15 is 0 Å². The summed E-state index contributed by atoms with van der Waals surface area (Å²) in [4.78, 5) is 19.1. The number of aryl methyl sites for hydroxylation is 3. The van der Waals surface area contributed by atoms with Crippen LogP contribution >= 0.6 is 11.6 Å². The van der Waals surface area contributed by atoms with E-state index in [1.807, 2.05) is 24.4 Å². The number of pyridine rings is 1. The zero-order chi connectivity index (χ0) is 25.9. The maximum absolute atomic E-state index is 11.7. The van der Waals surface area contributed by atoms with Crippen LogP contribution < -0.4 is 10.1 Å². The van der Waals surface area contributed by atoms with E-state index < -0.39 is 0 Å². The molecule has 38 heavy (non-hydrogen) atoms. The first-order valence-corrected chi connectivity index (χ1v) is 14.2. The van der Waals surface area contributed by atoms with E-state index in [-0.39, 0.29) is 5.91 Å². The molecule has 1 saturated heterocycles. The van der Waals surface area contributed by atoms with Crippen LogP contribution in [0.3, 0.4) is 0 Å². The zero-order valence-electron chi connectivity index (χ0n) is 21.8. The quantitative estimate of drug-likeness (QED) is 0.373. The molecule has 1 fully saturated rings. The van der Waals surface area contributed by atoms with Crippen molar-refractivity contribution in [2.75, 3.05) is 31.6 Å². The van der Waals surface area contributed by atoms with Crippen LogP contribution in [0, 0.1) is 0 Å². The number of piperidine rings is 1. The van der Waals surface area contributed by atoms with Crippen LogP contribution in [0.2, 0.25) is 5.02 Å². The summed E-state index contributed by atoms with van der Waals surface area (Å²) in [5.74, 6) is 0.919. The number of fused-ring (bicyclic) bond motifs is 3. The van der Waals surface area contributed by atoms with Crippen molar-refractivity contribution in [3.8, 4) is 5.75 Å². The Bertz CT molecular complexity index is 1370. The lowest BCUT2D eigenvalue weighted by atomic mass is 9.88. The summed E-state index contributed by atoms with van der Waals surface area (Å²) < 4.78 is 5.99. The molecule has 0 radical (unpaired) electrons. The molecule has 6 rings (SSSR count). The number of ether oxygens (including phenoxy) is 1. The van der Waals surface area contributed by atoms with Gasteiger partial charge in [-0.2, -0.15) is 0 Å². The molecule has 1 amide bonds. The van der Waals surface area contributed by atoms with Gasteiger partial charge in [0.15, 0.2) is 0 Å². The van der Waals surface area contributed by atoms with Crippen LogP contribution in [0.1, 0.15) is 60.1 Å². The van der Waals surface area contributed by atoms with E-state index in [0.717, 1.165) is 86.7 Å². The summed E-state index contributed by atoms with van der Waals surface area (Å²) in [7, 11) is 0. The SMILES string of the molecule is O=C1CCc2ccc(OCCCCN3CCC(=C4c5ccc(Cl)cc5CCc5cccnc54)CC3)cc2N1. The molecule has 6 heteroatoms. The third kappa shape index (κ3) is 5.50. The third-order valence-corrected chi connectivity index (χ3v) is 8.29. The first-order chi connectivity index (χ1) is 18.6. The van der Waals surface area contributed by atoms with Gasteiger partial charge in [-0.1, -0.05) is 35.4 Å². The number of aromatic nitrogens is 1.